The predicted molar refractivity (Wildman–Crippen MR) is 105 cm³/mol. The summed E-state index contributed by atoms with van der Waals surface area (Å²) < 4.78 is 13.1. The lowest BCUT2D eigenvalue weighted by molar-refractivity contribution is 0.0527. The van der Waals surface area contributed by atoms with Crippen molar-refractivity contribution in [2.45, 2.75) is 45.9 Å². The zero-order chi connectivity index (χ0) is 19.3. The van der Waals surface area contributed by atoms with Crippen LogP contribution in [-0.2, 0) is 35.6 Å². The number of aromatic nitrogens is 2. The normalized spacial score (nSPS) is 21.5. The molecule has 0 aromatic carbocycles. The van der Waals surface area contributed by atoms with Gasteiger partial charge in [-0.1, -0.05) is 0 Å². The van der Waals surface area contributed by atoms with Gasteiger partial charge in [-0.2, -0.15) is 5.10 Å². The van der Waals surface area contributed by atoms with Gasteiger partial charge in [-0.3, -0.25) is 9.58 Å². The minimum atomic E-state index is 0.0578. The second-order valence-corrected chi connectivity index (χ2v) is 8.00. The summed E-state index contributed by atoms with van der Waals surface area (Å²) in [6.07, 6.45) is 3.22. The first-order chi connectivity index (χ1) is 13.7. The molecule has 1 aromatic rings. The van der Waals surface area contributed by atoms with Crippen LogP contribution >= 0.6 is 0 Å². The number of piperidine rings is 1. The number of carbonyl (C=O) groups is 1. The lowest BCUT2D eigenvalue weighted by atomic mass is 9.96. The summed E-state index contributed by atoms with van der Waals surface area (Å²) in [6, 6.07) is 0.0578. The van der Waals surface area contributed by atoms with Gasteiger partial charge in [-0.15, -0.1) is 0 Å². The fraction of sp³-hybridized carbons (Fsp3) is 0.800. The fourth-order valence-electron chi connectivity index (χ4n) is 4.44. The Morgan fingerprint density at radius 2 is 1.93 bits per heavy atom. The lowest BCUT2D eigenvalue weighted by Crippen LogP contribution is -2.48. The third kappa shape index (κ3) is 4.50. The van der Waals surface area contributed by atoms with E-state index in [2.05, 4.69) is 21.8 Å². The van der Waals surface area contributed by atoms with E-state index >= 15 is 0 Å². The van der Waals surface area contributed by atoms with Crippen molar-refractivity contribution in [2.24, 2.45) is 5.92 Å². The van der Waals surface area contributed by atoms with Gasteiger partial charge in [0.05, 0.1) is 32.1 Å². The second-order valence-electron chi connectivity index (χ2n) is 8.00. The van der Waals surface area contributed by atoms with Gasteiger partial charge in [0.1, 0.15) is 0 Å². The summed E-state index contributed by atoms with van der Waals surface area (Å²) in [5, 5.41) is 7.98. The molecule has 1 N–H and O–H groups in total. The summed E-state index contributed by atoms with van der Waals surface area (Å²) >= 11 is 0. The first kappa shape index (κ1) is 19.7. The molecule has 0 atom stereocenters. The number of morpholine rings is 1. The zero-order valence-electron chi connectivity index (χ0n) is 17.0. The van der Waals surface area contributed by atoms with Crippen LogP contribution in [-0.4, -0.2) is 78.2 Å². The highest BCUT2D eigenvalue weighted by Gasteiger charge is 2.25. The van der Waals surface area contributed by atoms with Gasteiger partial charge in [-0.05, 0) is 38.8 Å². The van der Waals surface area contributed by atoms with E-state index in [1.807, 2.05) is 4.90 Å². The Kier molecular flexibility index (Phi) is 6.49. The predicted octanol–water partition coefficient (Wildman–Crippen LogP) is 1.23. The molecule has 3 aliphatic heterocycles. The van der Waals surface area contributed by atoms with E-state index < -0.39 is 0 Å². The number of ether oxygens (including phenoxy) is 2. The molecular weight excluding hydrogens is 358 g/mol. The summed E-state index contributed by atoms with van der Waals surface area (Å²) in [4.78, 5) is 16.6. The van der Waals surface area contributed by atoms with Crippen molar-refractivity contribution >= 4 is 6.03 Å². The van der Waals surface area contributed by atoms with Crippen LogP contribution in [0, 0.1) is 5.92 Å². The maximum absolute atomic E-state index is 12.2. The van der Waals surface area contributed by atoms with Crippen LogP contribution in [0.3, 0.4) is 0 Å². The number of nitrogens with one attached hydrogen (secondary N) is 1. The molecule has 0 saturated carbocycles. The third-order valence-corrected chi connectivity index (χ3v) is 6.20. The molecule has 28 heavy (non-hydrogen) atoms. The van der Waals surface area contributed by atoms with E-state index in [4.69, 9.17) is 14.6 Å². The quantitative estimate of drug-likeness (QED) is 0.817. The Bertz CT molecular complexity index is 663. The summed E-state index contributed by atoms with van der Waals surface area (Å²) in [7, 11) is 0. The Labute approximate surface area is 167 Å². The van der Waals surface area contributed by atoms with Crippen LogP contribution in [0.5, 0.6) is 0 Å². The molecule has 1 aromatic heterocycles. The van der Waals surface area contributed by atoms with Crippen molar-refractivity contribution in [3.05, 3.63) is 17.0 Å². The molecule has 8 heteroatoms. The highest BCUT2D eigenvalue weighted by atomic mass is 16.5. The number of hydrogen-bond acceptors (Lipinski definition) is 5. The van der Waals surface area contributed by atoms with E-state index in [-0.39, 0.29) is 6.03 Å². The van der Waals surface area contributed by atoms with E-state index in [9.17, 15) is 4.79 Å². The van der Waals surface area contributed by atoms with Gasteiger partial charge < -0.3 is 19.7 Å². The standard InChI is InChI=1S/C20H33N5O3/c1-2-25-19-5-10-28-15-17(19)18(22-25)14-23-6-3-16(4-7-23)13-21-20(26)24-8-11-27-12-9-24/h16H,2-15H2,1H3,(H,21,26). The van der Waals surface area contributed by atoms with Gasteiger partial charge in [0.25, 0.3) is 0 Å². The first-order valence-electron chi connectivity index (χ1n) is 10.7. The van der Waals surface area contributed by atoms with Crippen LogP contribution < -0.4 is 5.32 Å². The number of carbonyl (C=O) groups excluding carboxylic acids is 1. The summed E-state index contributed by atoms with van der Waals surface area (Å²) in [6.45, 7) is 11.1. The van der Waals surface area contributed by atoms with E-state index in [1.165, 1.54) is 17.0 Å². The van der Waals surface area contributed by atoms with Crippen molar-refractivity contribution < 1.29 is 14.3 Å². The molecule has 8 nitrogen and oxygen atoms in total. The van der Waals surface area contributed by atoms with Crippen LogP contribution in [0.15, 0.2) is 0 Å². The zero-order valence-corrected chi connectivity index (χ0v) is 17.0. The molecule has 2 saturated heterocycles. The number of amides is 2. The van der Waals surface area contributed by atoms with Crippen molar-refractivity contribution in [3.8, 4) is 0 Å². The smallest absolute Gasteiger partial charge is 0.317 e. The largest absolute Gasteiger partial charge is 0.378 e. The number of urea groups is 1. The third-order valence-electron chi connectivity index (χ3n) is 6.20. The Morgan fingerprint density at radius 3 is 2.68 bits per heavy atom. The Balaban J connectivity index is 1.23. The van der Waals surface area contributed by atoms with E-state index in [0.717, 1.165) is 58.6 Å². The van der Waals surface area contributed by atoms with Crippen LogP contribution in [0.4, 0.5) is 4.79 Å². The van der Waals surface area contributed by atoms with Crippen LogP contribution in [0.1, 0.15) is 36.7 Å². The van der Waals surface area contributed by atoms with Crippen molar-refractivity contribution in [2.75, 3.05) is 52.5 Å². The number of fused-ring (bicyclic) bond motifs is 1. The number of aryl methyl sites for hydroxylation is 1. The average Bonchev–Trinajstić information content (AvgIpc) is 3.11. The first-order valence-corrected chi connectivity index (χ1v) is 10.7. The second kappa shape index (κ2) is 9.24. The summed E-state index contributed by atoms with van der Waals surface area (Å²) in [5.41, 5.74) is 3.87. The topological polar surface area (TPSA) is 71.9 Å². The number of nitrogens with zero attached hydrogens (tertiary/aromatic N) is 4. The molecule has 4 heterocycles. The van der Waals surface area contributed by atoms with Crippen LogP contribution in [0.2, 0.25) is 0 Å². The van der Waals surface area contributed by atoms with Crippen LogP contribution in [0.25, 0.3) is 0 Å². The molecule has 0 spiro atoms. The van der Waals surface area contributed by atoms with Crippen molar-refractivity contribution in [1.29, 1.82) is 0 Å². The summed E-state index contributed by atoms with van der Waals surface area (Å²) in [5.74, 6) is 0.562. The average molecular weight is 392 g/mol. The van der Waals surface area contributed by atoms with Gasteiger partial charge in [0.15, 0.2) is 0 Å². The minimum absolute atomic E-state index is 0.0578. The maximum Gasteiger partial charge on any atom is 0.317 e. The molecule has 2 fully saturated rings. The molecular formula is C20H33N5O3. The highest BCUT2D eigenvalue weighted by molar-refractivity contribution is 5.74. The van der Waals surface area contributed by atoms with Gasteiger partial charge in [0, 0.05) is 50.4 Å². The monoisotopic (exact) mass is 391 g/mol. The Morgan fingerprint density at radius 1 is 1.14 bits per heavy atom. The van der Waals surface area contributed by atoms with Crippen molar-refractivity contribution in [3.63, 3.8) is 0 Å². The Hall–Kier alpha value is -1.64. The lowest BCUT2D eigenvalue weighted by Gasteiger charge is -2.33. The molecule has 3 aliphatic rings. The van der Waals surface area contributed by atoms with E-state index in [0.29, 0.717) is 38.8 Å². The van der Waals surface area contributed by atoms with Gasteiger partial charge >= 0.3 is 6.03 Å². The molecule has 156 valence electrons. The molecule has 0 radical (unpaired) electrons. The molecule has 4 rings (SSSR count). The SMILES string of the molecule is CCn1nc(CN2CCC(CNC(=O)N3CCOCC3)CC2)c2c1CCOC2. The fourth-order valence-corrected chi connectivity index (χ4v) is 4.44. The minimum Gasteiger partial charge on any atom is -0.378 e. The van der Waals surface area contributed by atoms with Crippen molar-refractivity contribution in [1.82, 2.24) is 24.9 Å². The number of hydrogen-bond donors (Lipinski definition) is 1. The van der Waals surface area contributed by atoms with E-state index in [1.54, 1.807) is 0 Å². The van der Waals surface area contributed by atoms with Gasteiger partial charge in [0.2, 0.25) is 0 Å². The molecule has 0 bridgehead atoms. The number of likely N-dealkylation sites (tertiary alicyclic amines) is 1. The molecule has 0 unspecified atom stereocenters. The maximum atomic E-state index is 12.2. The molecule has 2 amide bonds. The number of rotatable bonds is 5. The van der Waals surface area contributed by atoms with Gasteiger partial charge in [-0.25, -0.2) is 4.79 Å². The highest BCUT2D eigenvalue weighted by Crippen LogP contribution is 2.24. The molecule has 0 aliphatic carbocycles.